The number of rotatable bonds is 6. The number of allylic oxidation sites excluding steroid dienone is 1. The number of hydrogen-bond acceptors (Lipinski definition) is 5. The molecular formula is C12H14O5. The molecule has 0 fully saturated rings. The molecule has 0 saturated heterocycles. The second-order valence-electron chi connectivity index (χ2n) is 3.00. The van der Waals surface area contributed by atoms with E-state index in [9.17, 15) is 9.59 Å². The minimum atomic E-state index is -0.615. The molecule has 1 aromatic heterocycles. The van der Waals surface area contributed by atoms with Gasteiger partial charge in [0.05, 0.1) is 25.6 Å². The van der Waals surface area contributed by atoms with Gasteiger partial charge in [0.2, 0.25) is 0 Å². The number of hydrogen-bond donors (Lipinski definition) is 0. The molecule has 0 saturated carbocycles. The molecule has 0 aliphatic carbocycles. The van der Waals surface area contributed by atoms with Crippen LogP contribution in [0.4, 0.5) is 0 Å². The van der Waals surface area contributed by atoms with Crippen LogP contribution in [-0.2, 0) is 14.3 Å². The number of ether oxygens (including phenoxy) is 2. The van der Waals surface area contributed by atoms with E-state index in [2.05, 4.69) is 0 Å². The minimum Gasteiger partial charge on any atom is -0.489 e. The second-order valence-corrected chi connectivity index (χ2v) is 3.00. The Hall–Kier alpha value is -2.04. The maximum Gasteiger partial charge on any atom is 0.334 e. The molecule has 5 nitrogen and oxygen atoms in total. The lowest BCUT2D eigenvalue weighted by atomic mass is 10.2. The Kier molecular flexibility index (Phi) is 5.00. The van der Waals surface area contributed by atoms with Crippen molar-refractivity contribution in [1.29, 1.82) is 0 Å². The van der Waals surface area contributed by atoms with Crippen LogP contribution in [0.25, 0.3) is 0 Å². The summed E-state index contributed by atoms with van der Waals surface area (Å²) in [7, 11) is 0. The fraction of sp³-hybridized carbons (Fsp3) is 0.333. The smallest absolute Gasteiger partial charge is 0.334 e. The summed E-state index contributed by atoms with van der Waals surface area (Å²) >= 11 is 0. The van der Waals surface area contributed by atoms with E-state index in [4.69, 9.17) is 13.9 Å². The summed E-state index contributed by atoms with van der Waals surface area (Å²) in [5, 5.41) is 0. The summed E-state index contributed by atoms with van der Waals surface area (Å²) < 4.78 is 14.7. The van der Waals surface area contributed by atoms with Crippen molar-refractivity contribution in [3.05, 3.63) is 36.0 Å². The molecule has 1 aromatic rings. The third-order valence-corrected chi connectivity index (χ3v) is 1.80. The molecule has 0 aromatic carbocycles. The van der Waals surface area contributed by atoms with Crippen molar-refractivity contribution >= 4 is 11.8 Å². The first-order valence-electron chi connectivity index (χ1n) is 5.28. The average Bonchev–Trinajstić information content (AvgIpc) is 2.81. The Morgan fingerprint density at radius 2 is 2.00 bits per heavy atom. The molecule has 5 heteroatoms. The first-order valence-corrected chi connectivity index (χ1v) is 5.28. The number of carbonyl (C=O) groups excluding carboxylic acids is 2. The summed E-state index contributed by atoms with van der Waals surface area (Å²) in [6.07, 6.45) is 2.40. The summed E-state index contributed by atoms with van der Waals surface area (Å²) in [4.78, 5) is 23.1. The van der Waals surface area contributed by atoms with Gasteiger partial charge >= 0.3 is 5.97 Å². The molecule has 17 heavy (non-hydrogen) atoms. The number of carbonyl (C=O) groups is 2. The zero-order chi connectivity index (χ0) is 12.7. The standard InChI is InChI=1S/C12H14O5/c1-3-15-10(8-11(13)16-4-2)12(14)9-6-5-7-17-9/h5-8H,3-4H2,1-2H3/b10-8+. The molecule has 0 unspecified atom stereocenters. The van der Waals surface area contributed by atoms with Crippen LogP contribution in [0.5, 0.6) is 0 Å². The van der Waals surface area contributed by atoms with Crippen LogP contribution in [0.3, 0.4) is 0 Å². The topological polar surface area (TPSA) is 65.7 Å². The van der Waals surface area contributed by atoms with E-state index >= 15 is 0 Å². The molecule has 0 N–H and O–H groups in total. The SMILES string of the molecule is CCOC(=O)/C=C(/OCC)C(=O)c1ccco1. The van der Waals surface area contributed by atoms with Crippen LogP contribution < -0.4 is 0 Å². The fourth-order valence-corrected chi connectivity index (χ4v) is 1.15. The molecule has 0 radical (unpaired) electrons. The Balaban J connectivity index is 2.85. The van der Waals surface area contributed by atoms with E-state index in [1.54, 1.807) is 19.9 Å². The molecule has 0 spiro atoms. The Morgan fingerprint density at radius 3 is 2.53 bits per heavy atom. The van der Waals surface area contributed by atoms with Crippen molar-refractivity contribution in [2.75, 3.05) is 13.2 Å². The predicted molar refractivity (Wildman–Crippen MR) is 59.4 cm³/mol. The Bertz CT molecular complexity index is 403. The van der Waals surface area contributed by atoms with E-state index in [0.717, 1.165) is 6.08 Å². The summed E-state index contributed by atoms with van der Waals surface area (Å²) in [6.45, 7) is 3.91. The molecule has 0 atom stereocenters. The molecule has 0 aliphatic rings. The number of ketones is 1. The fourth-order valence-electron chi connectivity index (χ4n) is 1.15. The van der Waals surface area contributed by atoms with Crippen LogP contribution >= 0.6 is 0 Å². The zero-order valence-corrected chi connectivity index (χ0v) is 9.76. The van der Waals surface area contributed by atoms with Gasteiger partial charge in [-0.2, -0.15) is 0 Å². The van der Waals surface area contributed by atoms with Crippen molar-refractivity contribution in [1.82, 2.24) is 0 Å². The molecule has 0 amide bonds. The Morgan fingerprint density at radius 1 is 1.29 bits per heavy atom. The van der Waals surface area contributed by atoms with Gasteiger partial charge in [0.25, 0.3) is 5.78 Å². The highest BCUT2D eigenvalue weighted by Gasteiger charge is 2.18. The Labute approximate surface area is 99.0 Å². The largest absolute Gasteiger partial charge is 0.489 e. The van der Waals surface area contributed by atoms with Gasteiger partial charge in [0, 0.05) is 0 Å². The van der Waals surface area contributed by atoms with Gasteiger partial charge in [-0.1, -0.05) is 0 Å². The average molecular weight is 238 g/mol. The quantitative estimate of drug-likeness (QED) is 0.328. The van der Waals surface area contributed by atoms with Crippen LogP contribution in [0.1, 0.15) is 24.4 Å². The lowest BCUT2D eigenvalue weighted by molar-refractivity contribution is -0.137. The van der Waals surface area contributed by atoms with Gasteiger partial charge in [0.15, 0.2) is 11.5 Å². The van der Waals surface area contributed by atoms with Crippen molar-refractivity contribution in [2.45, 2.75) is 13.8 Å². The highest BCUT2D eigenvalue weighted by Crippen LogP contribution is 2.10. The number of furan rings is 1. The van der Waals surface area contributed by atoms with Crippen molar-refractivity contribution in [3.8, 4) is 0 Å². The first kappa shape index (κ1) is 13.0. The summed E-state index contributed by atoms with van der Waals surface area (Å²) in [6, 6.07) is 3.08. The van der Waals surface area contributed by atoms with Crippen LogP contribution in [0.15, 0.2) is 34.6 Å². The van der Waals surface area contributed by atoms with Crippen molar-refractivity contribution in [3.63, 3.8) is 0 Å². The van der Waals surface area contributed by atoms with Gasteiger partial charge in [-0.05, 0) is 26.0 Å². The zero-order valence-electron chi connectivity index (χ0n) is 9.76. The van der Waals surface area contributed by atoms with E-state index < -0.39 is 11.8 Å². The van der Waals surface area contributed by atoms with E-state index in [1.807, 2.05) is 0 Å². The highest BCUT2D eigenvalue weighted by atomic mass is 16.5. The molecule has 1 rings (SSSR count). The first-order chi connectivity index (χ1) is 8.19. The van der Waals surface area contributed by atoms with Gasteiger partial charge in [0.1, 0.15) is 0 Å². The summed E-state index contributed by atoms with van der Waals surface area (Å²) in [5.41, 5.74) is 0. The van der Waals surface area contributed by atoms with Crippen LogP contribution in [0, 0.1) is 0 Å². The third kappa shape index (κ3) is 3.79. The van der Waals surface area contributed by atoms with Gasteiger partial charge < -0.3 is 13.9 Å². The second kappa shape index (κ2) is 6.52. The third-order valence-electron chi connectivity index (χ3n) is 1.80. The van der Waals surface area contributed by atoms with Crippen molar-refractivity contribution in [2.24, 2.45) is 0 Å². The molecule has 92 valence electrons. The lowest BCUT2D eigenvalue weighted by Crippen LogP contribution is -2.10. The highest BCUT2D eigenvalue weighted by molar-refractivity contribution is 6.08. The molecule has 0 bridgehead atoms. The van der Waals surface area contributed by atoms with E-state index in [1.165, 1.54) is 12.3 Å². The number of esters is 1. The van der Waals surface area contributed by atoms with E-state index in [0.29, 0.717) is 0 Å². The van der Waals surface area contributed by atoms with Gasteiger partial charge in [-0.25, -0.2) is 4.79 Å². The molecule has 0 aliphatic heterocycles. The molecular weight excluding hydrogens is 224 g/mol. The lowest BCUT2D eigenvalue weighted by Gasteiger charge is -2.05. The normalized spacial score (nSPS) is 11.1. The molecule has 1 heterocycles. The van der Waals surface area contributed by atoms with Crippen LogP contribution in [-0.4, -0.2) is 25.0 Å². The van der Waals surface area contributed by atoms with Gasteiger partial charge in [-0.3, -0.25) is 4.79 Å². The monoisotopic (exact) mass is 238 g/mol. The predicted octanol–water partition coefficient (Wildman–Crippen LogP) is 1.95. The summed E-state index contributed by atoms with van der Waals surface area (Å²) in [5.74, 6) is -1.06. The number of Topliss-reactive ketones (excluding diaryl/α,β-unsaturated/α-hetero) is 1. The van der Waals surface area contributed by atoms with Crippen LogP contribution in [0.2, 0.25) is 0 Å². The van der Waals surface area contributed by atoms with Crippen molar-refractivity contribution < 1.29 is 23.5 Å². The van der Waals surface area contributed by atoms with E-state index in [-0.39, 0.29) is 24.7 Å². The van der Waals surface area contributed by atoms with Gasteiger partial charge in [-0.15, -0.1) is 0 Å². The maximum atomic E-state index is 11.8. The minimum absolute atomic E-state index is 0.0825. The maximum absolute atomic E-state index is 11.8.